The van der Waals surface area contributed by atoms with Gasteiger partial charge >= 0.3 is 11.9 Å². The summed E-state index contributed by atoms with van der Waals surface area (Å²) in [6, 6.07) is 0. The highest BCUT2D eigenvalue weighted by Crippen LogP contribution is 2.40. The first-order chi connectivity index (χ1) is 22.4. The number of aliphatic hydroxyl groups is 2. The number of aliphatic hydroxyl groups excluding tert-OH is 2. The molecule has 0 aromatic carbocycles. The maximum Gasteiger partial charge on any atom is 0.305 e. The molecule has 8 heteroatoms. The molecule has 6 nitrogen and oxygen atoms in total. The van der Waals surface area contributed by atoms with E-state index < -0.39 is 0 Å². The monoisotopic (exact) mass is 690 g/mol. The van der Waals surface area contributed by atoms with Gasteiger partial charge in [-0.3, -0.25) is 9.59 Å². The van der Waals surface area contributed by atoms with Crippen molar-refractivity contribution in [2.24, 2.45) is 0 Å². The average molecular weight is 691 g/mol. The Labute approximate surface area is 292 Å². The van der Waals surface area contributed by atoms with E-state index in [1.54, 1.807) is 0 Å². The van der Waals surface area contributed by atoms with Gasteiger partial charge in [-0.05, 0) is 64.2 Å². The third-order valence-corrected chi connectivity index (χ3v) is 12.6. The molecule has 0 heterocycles. The van der Waals surface area contributed by atoms with E-state index in [1.165, 1.54) is 91.3 Å². The Bertz CT molecular complexity index is 624. The quantitative estimate of drug-likeness (QED) is 0.0386. The highest BCUT2D eigenvalue weighted by atomic mass is 33.1. The number of carbonyl (C=O) groups is 2. The first kappa shape index (κ1) is 45.6. The summed E-state index contributed by atoms with van der Waals surface area (Å²) in [5.74, 6) is -0.224. The van der Waals surface area contributed by atoms with E-state index in [2.05, 4.69) is 13.8 Å². The second-order valence-electron chi connectivity index (χ2n) is 13.4. The maximum absolute atomic E-state index is 11.4. The van der Waals surface area contributed by atoms with Crippen LogP contribution in [-0.4, -0.2) is 59.1 Å². The lowest BCUT2D eigenvalue weighted by molar-refractivity contribution is -0.141. The van der Waals surface area contributed by atoms with Gasteiger partial charge in [0.1, 0.15) is 0 Å². The standard InChI is InChI=1S/C38H74O6S2/c1-5-7-9-17-23-33(39)29-31-35(25-19-13-11-15-21-27-37(41)43-3)45-46-36(32-30-34(40)24-18-10-8-6-2)26-20-14-12-16-22-28-38(42)44-4/h33-36,39-40H,5-32H2,1-4H3. The molecule has 0 rings (SSSR count). The molecule has 274 valence electrons. The lowest BCUT2D eigenvalue weighted by atomic mass is 10.0. The number of hydrogen-bond acceptors (Lipinski definition) is 8. The van der Waals surface area contributed by atoms with E-state index >= 15 is 0 Å². The molecule has 0 radical (unpaired) electrons. The summed E-state index contributed by atoms with van der Waals surface area (Å²) in [5, 5.41) is 22.5. The summed E-state index contributed by atoms with van der Waals surface area (Å²) in [4.78, 5) is 22.8. The molecule has 0 aromatic heterocycles. The van der Waals surface area contributed by atoms with Crippen molar-refractivity contribution >= 4 is 33.5 Å². The van der Waals surface area contributed by atoms with Crippen molar-refractivity contribution in [3.05, 3.63) is 0 Å². The van der Waals surface area contributed by atoms with Crippen LogP contribution in [-0.2, 0) is 19.1 Å². The van der Waals surface area contributed by atoms with Crippen molar-refractivity contribution in [2.45, 2.75) is 216 Å². The lowest BCUT2D eigenvalue weighted by Crippen LogP contribution is -2.13. The Morgan fingerprint density at radius 3 is 1.15 bits per heavy atom. The summed E-state index contributed by atoms with van der Waals surface area (Å²) in [6.45, 7) is 4.45. The molecule has 0 aromatic rings. The largest absolute Gasteiger partial charge is 0.469 e. The first-order valence-corrected chi connectivity index (χ1v) is 21.5. The smallest absolute Gasteiger partial charge is 0.305 e. The summed E-state index contributed by atoms with van der Waals surface area (Å²) >= 11 is 0. The second kappa shape index (κ2) is 34.4. The first-order valence-electron chi connectivity index (χ1n) is 19.2. The number of ether oxygens (including phenoxy) is 2. The van der Waals surface area contributed by atoms with E-state index in [1.807, 2.05) is 21.6 Å². The van der Waals surface area contributed by atoms with Gasteiger partial charge in [0.05, 0.1) is 26.4 Å². The second-order valence-corrected chi connectivity index (χ2v) is 16.2. The lowest BCUT2D eigenvalue weighted by Gasteiger charge is -2.23. The summed E-state index contributed by atoms with van der Waals surface area (Å²) in [5.41, 5.74) is 0. The Kier molecular flexibility index (Phi) is 34.1. The molecule has 0 fully saturated rings. The van der Waals surface area contributed by atoms with Gasteiger partial charge in [-0.1, -0.05) is 138 Å². The van der Waals surface area contributed by atoms with Crippen LogP contribution >= 0.6 is 21.6 Å². The van der Waals surface area contributed by atoms with Gasteiger partial charge in [0.25, 0.3) is 0 Å². The molecule has 0 amide bonds. The van der Waals surface area contributed by atoms with Gasteiger partial charge in [0.2, 0.25) is 0 Å². The van der Waals surface area contributed by atoms with Gasteiger partial charge in [-0.15, -0.1) is 0 Å². The van der Waals surface area contributed by atoms with Gasteiger partial charge in [0.15, 0.2) is 0 Å². The molecule has 0 saturated carbocycles. The van der Waals surface area contributed by atoms with E-state index in [0.717, 1.165) is 89.9 Å². The molecule has 0 aliphatic carbocycles. The maximum atomic E-state index is 11.4. The zero-order valence-corrected chi connectivity index (χ0v) is 32.1. The van der Waals surface area contributed by atoms with Crippen molar-refractivity contribution in [2.75, 3.05) is 14.2 Å². The number of esters is 2. The fourth-order valence-corrected chi connectivity index (χ4v) is 9.25. The molecule has 0 spiro atoms. The zero-order valence-electron chi connectivity index (χ0n) is 30.5. The van der Waals surface area contributed by atoms with Gasteiger partial charge < -0.3 is 19.7 Å². The molecule has 46 heavy (non-hydrogen) atoms. The SMILES string of the molecule is CCCCCCC(O)CCC(CCCCCCCC(=O)OC)SSC(CCCCCCCC(=O)OC)CCC(O)CCCCCC. The van der Waals surface area contributed by atoms with Crippen LogP contribution in [0, 0.1) is 0 Å². The molecule has 0 aliphatic heterocycles. The number of methoxy groups -OCH3 is 2. The number of carbonyl (C=O) groups excluding carboxylic acids is 2. The zero-order chi connectivity index (χ0) is 34.1. The Morgan fingerprint density at radius 1 is 0.457 bits per heavy atom. The predicted octanol–water partition coefficient (Wildman–Crippen LogP) is 11.1. The Morgan fingerprint density at radius 2 is 0.783 bits per heavy atom. The van der Waals surface area contributed by atoms with Gasteiger partial charge in [-0.2, -0.15) is 0 Å². The fraction of sp³-hybridized carbons (Fsp3) is 0.947. The molecule has 0 saturated heterocycles. The Hall–Kier alpha value is -0.440. The Balaban J connectivity index is 4.92. The van der Waals surface area contributed by atoms with Crippen LogP contribution in [0.25, 0.3) is 0 Å². The average Bonchev–Trinajstić information content (AvgIpc) is 3.06. The minimum atomic E-state index is -0.193. The van der Waals surface area contributed by atoms with Crippen molar-refractivity contribution in [1.29, 1.82) is 0 Å². The summed E-state index contributed by atoms with van der Waals surface area (Å²) in [6.07, 6.45) is 29.4. The number of unbranched alkanes of at least 4 members (excludes halogenated alkanes) is 14. The summed E-state index contributed by atoms with van der Waals surface area (Å²) < 4.78 is 9.52. The van der Waals surface area contributed by atoms with Gasteiger partial charge in [0, 0.05) is 23.3 Å². The van der Waals surface area contributed by atoms with Crippen LogP contribution in [0.2, 0.25) is 0 Å². The highest BCUT2D eigenvalue weighted by molar-refractivity contribution is 8.77. The molecular formula is C38H74O6S2. The topological polar surface area (TPSA) is 93.1 Å². The van der Waals surface area contributed by atoms with Crippen molar-refractivity contribution in [3.63, 3.8) is 0 Å². The number of rotatable bonds is 35. The van der Waals surface area contributed by atoms with E-state index in [4.69, 9.17) is 9.47 Å². The van der Waals surface area contributed by atoms with Crippen LogP contribution in [0.5, 0.6) is 0 Å². The third kappa shape index (κ3) is 30.9. The van der Waals surface area contributed by atoms with Crippen LogP contribution in [0.3, 0.4) is 0 Å². The normalized spacial score (nSPS) is 14.1. The van der Waals surface area contributed by atoms with Crippen LogP contribution in [0.1, 0.15) is 194 Å². The minimum Gasteiger partial charge on any atom is -0.469 e. The highest BCUT2D eigenvalue weighted by Gasteiger charge is 2.18. The van der Waals surface area contributed by atoms with Crippen molar-refractivity contribution in [3.8, 4) is 0 Å². The van der Waals surface area contributed by atoms with Crippen LogP contribution < -0.4 is 0 Å². The van der Waals surface area contributed by atoms with E-state index in [-0.39, 0.29) is 24.1 Å². The van der Waals surface area contributed by atoms with E-state index in [9.17, 15) is 19.8 Å². The summed E-state index contributed by atoms with van der Waals surface area (Å²) in [7, 11) is 7.00. The van der Waals surface area contributed by atoms with Crippen LogP contribution in [0.15, 0.2) is 0 Å². The molecule has 4 unspecified atom stereocenters. The predicted molar refractivity (Wildman–Crippen MR) is 199 cm³/mol. The third-order valence-electron chi connectivity index (χ3n) is 9.02. The van der Waals surface area contributed by atoms with Crippen molar-refractivity contribution in [1.82, 2.24) is 0 Å². The fourth-order valence-electron chi connectivity index (χ4n) is 5.84. The molecule has 2 N–H and O–H groups in total. The molecular weight excluding hydrogens is 617 g/mol. The molecule has 0 aliphatic rings. The van der Waals surface area contributed by atoms with Gasteiger partial charge in [-0.25, -0.2) is 0 Å². The van der Waals surface area contributed by atoms with E-state index in [0.29, 0.717) is 23.3 Å². The molecule has 0 bridgehead atoms. The van der Waals surface area contributed by atoms with Crippen molar-refractivity contribution < 1.29 is 29.3 Å². The number of hydrogen-bond donors (Lipinski definition) is 2. The molecule has 4 atom stereocenters. The minimum absolute atomic E-state index is 0.112. The van der Waals surface area contributed by atoms with Crippen LogP contribution in [0.4, 0.5) is 0 Å².